The summed E-state index contributed by atoms with van der Waals surface area (Å²) in [5, 5.41) is 9.04. The van der Waals surface area contributed by atoms with Crippen LogP contribution in [0.2, 0.25) is 0 Å². The van der Waals surface area contributed by atoms with Crippen LogP contribution in [0.15, 0.2) is 51.9 Å². The number of fused-ring (bicyclic) bond motifs is 1. The zero-order valence-corrected chi connectivity index (χ0v) is 16.9. The third-order valence-corrected chi connectivity index (χ3v) is 4.46. The molecule has 0 spiro atoms. The van der Waals surface area contributed by atoms with Crippen molar-refractivity contribution in [2.75, 3.05) is 6.61 Å². The lowest BCUT2D eigenvalue weighted by Gasteiger charge is -2.23. The Bertz CT molecular complexity index is 1100. The van der Waals surface area contributed by atoms with Crippen LogP contribution in [0.25, 0.3) is 11.0 Å². The number of aryl methyl sites for hydroxylation is 1. The van der Waals surface area contributed by atoms with E-state index in [0.717, 1.165) is 11.1 Å². The van der Waals surface area contributed by atoms with Crippen LogP contribution in [-0.2, 0) is 10.2 Å². The normalized spacial score (nSPS) is 11.4. The number of ether oxygens (including phenoxy) is 2. The Morgan fingerprint density at radius 3 is 2.55 bits per heavy atom. The molecule has 6 heteroatoms. The monoisotopic (exact) mass is 396 g/mol. The molecule has 1 aromatic heterocycles. The number of benzene rings is 2. The highest BCUT2D eigenvalue weighted by molar-refractivity contribution is 5.79. The van der Waals surface area contributed by atoms with E-state index in [2.05, 4.69) is 20.8 Å². The molecular formula is C23H24O6. The first-order chi connectivity index (χ1) is 13.6. The largest absolute Gasteiger partial charge is 0.493 e. The van der Waals surface area contributed by atoms with Crippen molar-refractivity contribution in [3.05, 3.63) is 64.0 Å². The summed E-state index contributed by atoms with van der Waals surface area (Å²) in [6, 6.07) is 10.7. The van der Waals surface area contributed by atoms with Crippen molar-refractivity contribution in [3.8, 4) is 17.2 Å². The van der Waals surface area contributed by atoms with Crippen LogP contribution in [-0.4, -0.2) is 17.7 Å². The highest BCUT2D eigenvalue weighted by Crippen LogP contribution is 2.34. The van der Waals surface area contributed by atoms with E-state index in [9.17, 15) is 9.59 Å². The van der Waals surface area contributed by atoms with Crippen molar-refractivity contribution in [2.24, 2.45) is 0 Å². The molecule has 0 amide bonds. The summed E-state index contributed by atoms with van der Waals surface area (Å²) in [6.07, 6.45) is 1.18. The summed E-state index contributed by atoms with van der Waals surface area (Å²) in [4.78, 5) is 23.5. The van der Waals surface area contributed by atoms with E-state index in [0.29, 0.717) is 22.5 Å². The van der Waals surface area contributed by atoms with E-state index in [1.54, 1.807) is 18.2 Å². The predicted molar refractivity (Wildman–Crippen MR) is 110 cm³/mol. The number of aliphatic carboxylic acids is 1. The van der Waals surface area contributed by atoms with E-state index in [-0.39, 0.29) is 29.6 Å². The van der Waals surface area contributed by atoms with Crippen molar-refractivity contribution in [2.45, 2.75) is 39.5 Å². The first-order valence-corrected chi connectivity index (χ1v) is 9.34. The summed E-state index contributed by atoms with van der Waals surface area (Å²) in [5.74, 6) is 0.222. The van der Waals surface area contributed by atoms with Crippen molar-refractivity contribution >= 4 is 16.9 Å². The van der Waals surface area contributed by atoms with Crippen LogP contribution in [0, 0.1) is 6.92 Å². The molecule has 3 rings (SSSR count). The smallest absolute Gasteiger partial charge is 0.306 e. The Hall–Kier alpha value is -3.28. The van der Waals surface area contributed by atoms with Gasteiger partial charge in [0.1, 0.15) is 23.3 Å². The fourth-order valence-electron chi connectivity index (χ4n) is 2.96. The standard InChI is InChI=1S/C23H24O6/c1-14-5-8-17(23(2,3)4)19(11-14)29-20-13-28-18-12-15(27-10-9-21(24)25)6-7-16(18)22(20)26/h5-8,11-13H,9-10H2,1-4H3,(H,24,25). The molecule has 152 valence electrons. The first-order valence-electron chi connectivity index (χ1n) is 9.34. The lowest BCUT2D eigenvalue weighted by molar-refractivity contribution is -0.137. The highest BCUT2D eigenvalue weighted by Gasteiger charge is 2.20. The summed E-state index contributed by atoms with van der Waals surface area (Å²) >= 11 is 0. The second kappa shape index (κ2) is 7.99. The zero-order chi connectivity index (χ0) is 21.2. The molecule has 0 unspecified atom stereocenters. The Labute approximate surface area is 168 Å². The topological polar surface area (TPSA) is 86.0 Å². The predicted octanol–water partition coefficient (Wildman–Crippen LogP) is 5.04. The van der Waals surface area contributed by atoms with Crippen molar-refractivity contribution < 1.29 is 23.8 Å². The van der Waals surface area contributed by atoms with Crippen molar-refractivity contribution in [1.29, 1.82) is 0 Å². The number of carboxylic acid groups (broad SMARTS) is 1. The molecule has 0 aliphatic rings. The fraction of sp³-hybridized carbons (Fsp3) is 0.304. The average Bonchev–Trinajstić information content (AvgIpc) is 2.63. The molecule has 0 aliphatic heterocycles. The molecule has 0 bridgehead atoms. The quantitative estimate of drug-likeness (QED) is 0.628. The number of carbonyl (C=O) groups is 1. The molecule has 0 fully saturated rings. The third kappa shape index (κ3) is 4.77. The molecule has 0 radical (unpaired) electrons. The molecular weight excluding hydrogens is 372 g/mol. The van der Waals surface area contributed by atoms with Gasteiger partial charge in [-0.2, -0.15) is 0 Å². The van der Waals surface area contributed by atoms with Gasteiger partial charge in [-0.25, -0.2) is 0 Å². The lowest BCUT2D eigenvalue weighted by atomic mass is 9.86. The van der Waals surface area contributed by atoms with E-state index in [1.165, 1.54) is 6.26 Å². The molecule has 0 atom stereocenters. The van der Waals surface area contributed by atoms with Gasteiger partial charge >= 0.3 is 5.97 Å². The fourth-order valence-corrected chi connectivity index (χ4v) is 2.96. The minimum Gasteiger partial charge on any atom is -0.493 e. The van der Waals surface area contributed by atoms with Gasteiger partial charge in [-0.1, -0.05) is 32.9 Å². The SMILES string of the molecule is Cc1ccc(C(C)(C)C)c(Oc2coc3cc(OCCC(=O)O)ccc3c2=O)c1. The number of carboxylic acids is 1. The minimum atomic E-state index is -0.940. The molecule has 1 N–H and O–H groups in total. The molecule has 0 saturated heterocycles. The molecule has 29 heavy (non-hydrogen) atoms. The van der Waals surface area contributed by atoms with Gasteiger partial charge in [0, 0.05) is 11.6 Å². The van der Waals surface area contributed by atoms with Gasteiger partial charge in [0.2, 0.25) is 11.2 Å². The number of hydrogen-bond acceptors (Lipinski definition) is 5. The summed E-state index contributed by atoms with van der Waals surface area (Å²) in [6.45, 7) is 8.25. The molecule has 0 saturated carbocycles. The van der Waals surface area contributed by atoms with Gasteiger partial charge in [0.15, 0.2) is 0 Å². The van der Waals surface area contributed by atoms with Crippen molar-refractivity contribution in [3.63, 3.8) is 0 Å². The van der Waals surface area contributed by atoms with E-state index in [1.807, 2.05) is 25.1 Å². The van der Waals surface area contributed by atoms with Gasteiger partial charge in [0.25, 0.3) is 0 Å². The van der Waals surface area contributed by atoms with Crippen LogP contribution in [0.5, 0.6) is 17.2 Å². The maximum absolute atomic E-state index is 12.9. The Morgan fingerprint density at radius 1 is 1.10 bits per heavy atom. The molecule has 6 nitrogen and oxygen atoms in total. The number of rotatable bonds is 6. The van der Waals surface area contributed by atoms with Crippen LogP contribution in [0.3, 0.4) is 0 Å². The van der Waals surface area contributed by atoms with Crippen LogP contribution in [0.1, 0.15) is 38.3 Å². The highest BCUT2D eigenvalue weighted by atomic mass is 16.5. The Morgan fingerprint density at radius 2 is 1.86 bits per heavy atom. The summed E-state index contributed by atoms with van der Waals surface area (Å²) in [7, 11) is 0. The maximum Gasteiger partial charge on any atom is 0.306 e. The summed E-state index contributed by atoms with van der Waals surface area (Å²) < 4.78 is 17.0. The van der Waals surface area contributed by atoms with Crippen LogP contribution < -0.4 is 14.9 Å². The van der Waals surface area contributed by atoms with Crippen LogP contribution in [0.4, 0.5) is 0 Å². The zero-order valence-electron chi connectivity index (χ0n) is 16.9. The lowest BCUT2D eigenvalue weighted by Crippen LogP contribution is -2.14. The van der Waals surface area contributed by atoms with E-state index in [4.69, 9.17) is 19.0 Å². The molecule has 3 aromatic rings. The Kier molecular flexibility index (Phi) is 5.64. The maximum atomic E-state index is 12.9. The van der Waals surface area contributed by atoms with E-state index >= 15 is 0 Å². The second-order valence-electron chi connectivity index (χ2n) is 7.93. The Balaban J connectivity index is 1.92. The molecule has 0 aliphatic carbocycles. The van der Waals surface area contributed by atoms with Crippen LogP contribution >= 0.6 is 0 Å². The number of hydrogen-bond donors (Lipinski definition) is 1. The molecule has 1 heterocycles. The minimum absolute atomic E-state index is 0.0369. The van der Waals surface area contributed by atoms with Gasteiger partial charge in [-0.15, -0.1) is 0 Å². The summed E-state index contributed by atoms with van der Waals surface area (Å²) in [5.41, 5.74) is 1.92. The van der Waals surface area contributed by atoms with Crippen molar-refractivity contribution in [1.82, 2.24) is 0 Å². The third-order valence-electron chi connectivity index (χ3n) is 4.46. The van der Waals surface area contributed by atoms with Gasteiger partial charge in [0.05, 0.1) is 18.4 Å². The second-order valence-corrected chi connectivity index (χ2v) is 7.93. The van der Waals surface area contributed by atoms with E-state index < -0.39 is 5.97 Å². The van der Waals surface area contributed by atoms with Gasteiger partial charge < -0.3 is 19.0 Å². The average molecular weight is 396 g/mol. The van der Waals surface area contributed by atoms with Gasteiger partial charge in [-0.05, 0) is 36.1 Å². The first kappa shape index (κ1) is 20.5. The molecule has 2 aromatic carbocycles. The van der Waals surface area contributed by atoms with Gasteiger partial charge in [-0.3, -0.25) is 9.59 Å².